The van der Waals surface area contributed by atoms with Gasteiger partial charge >= 0.3 is 0 Å². The number of aliphatic hydroxyl groups is 2. The maximum Gasteiger partial charge on any atom is 0.292 e. The molecule has 228 valence electrons. The van der Waals surface area contributed by atoms with Crippen molar-refractivity contribution in [2.24, 2.45) is 0 Å². The molecule has 2 heterocycles. The van der Waals surface area contributed by atoms with Crippen molar-refractivity contribution in [1.29, 1.82) is 5.26 Å². The SMILES string of the molecule is [C-]#[N+]C1=C(/C=C/c2ccc(/C=C/c3ccc(N(C)CCO)cc3OCCCCO)s2)C(C)(c2ccccc2)O/C1=C(\C#N)[N+]#[C-]. The Morgan fingerprint density at radius 1 is 1.02 bits per heavy atom. The molecule has 8 nitrogen and oxygen atoms in total. The minimum atomic E-state index is -1.05. The van der Waals surface area contributed by atoms with Crippen molar-refractivity contribution in [3.63, 3.8) is 0 Å². The maximum absolute atomic E-state index is 9.53. The van der Waals surface area contributed by atoms with Gasteiger partial charge < -0.3 is 24.6 Å². The van der Waals surface area contributed by atoms with E-state index in [0.29, 0.717) is 25.1 Å². The van der Waals surface area contributed by atoms with Gasteiger partial charge in [0.05, 0.1) is 32.4 Å². The van der Waals surface area contributed by atoms with Crippen LogP contribution in [0.3, 0.4) is 0 Å². The first-order chi connectivity index (χ1) is 21.9. The van der Waals surface area contributed by atoms with E-state index >= 15 is 0 Å². The van der Waals surface area contributed by atoms with Gasteiger partial charge in [-0.15, -0.1) is 11.3 Å². The molecule has 4 rings (SSSR count). The monoisotopic (exact) mass is 618 g/mol. The van der Waals surface area contributed by atoms with E-state index in [0.717, 1.165) is 38.7 Å². The van der Waals surface area contributed by atoms with Crippen molar-refractivity contribution in [1.82, 2.24) is 0 Å². The van der Waals surface area contributed by atoms with Gasteiger partial charge in [-0.2, -0.15) is 0 Å². The second-order valence-corrected chi connectivity index (χ2v) is 11.5. The number of nitrogens with zero attached hydrogens (tertiary/aromatic N) is 4. The minimum absolute atomic E-state index is 0.00580. The number of aliphatic hydroxyl groups excluding tert-OH is 2. The van der Waals surface area contributed by atoms with E-state index in [1.807, 2.05) is 110 Å². The molecule has 0 aliphatic carbocycles. The second-order valence-electron chi connectivity index (χ2n) is 10.3. The first-order valence-corrected chi connectivity index (χ1v) is 15.2. The molecule has 1 aliphatic heterocycles. The zero-order valence-electron chi connectivity index (χ0n) is 25.2. The number of benzene rings is 2. The molecular weight excluding hydrogens is 584 g/mol. The Bertz CT molecular complexity index is 1740. The van der Waals surface area contributed by atoms with Gasteiger partial charge in [0, 0.05) is 52.8 Å². The molecule has 0 amide bonds. The van der Waals surface area contributed by atoms with Crippen molar-refractivity contribution in [2.75, 3.05) is 38.3 Å². The lowest BCUT2D eigenvalue weighted by molar-refractivity contribution is 0.0753. The van der Waals surface area contributed by atoms with Crippen LogP contribution < -0.4 is 9.64 Å². The molecule has 0 fully saturated rings. The van der Waals surface area contributed by atoms with E-state index in [1.54, 1.807) is 11.3 Å². The molecule has 1 atom stereocenters. The fourth-order valence-electron chi connectivity index (χ4n) is 4.85. The Morgan fingerprint density at radius 2 is 1.76 bits per heavy atom. The molecule has 0 saturated carbocycles. The van der Waals surface area contributed by atoms with Gasteiger partial charge in [0.1, 0.15) is 17.1 Å². The van der Waals surface area contributed by atoms with E-state index in [4.69, 9.17) is 27.7 Å². The van der Waals surface area contributed by atoms with E-state index in [2.05, 4.69) is 9.69 Å². The lowest BCUT2D eigenvalue weighted by Gasteiger charge is -2.28. The summed E-state index contributed by atoms with van der Waals surface area (Å²) in [4.78, 5) is 10.9. The molecule has 3 aromatic rings. The highest BCUT2D eigenvalue weighted by Gasteiger charge is 2.43. The molecule has 1 unspecified atom stereocenters. The molecular formula is C36H34N4O4S. The number of likely N-dealkylation sites (N-methyl/N-ethyl adjacent to an activating group) is 1. The number of allylic oxidation sites excluding steroid dienone is 1. The van der Waals surface area contributed by atoms with Crippen LogP contribution in [0.25, 0.3) is 27.9 Å². The molecule has 0 spiro atoms. The largest absolute Gasteiger partial charge is 0.500 e. The predicted octanol–water partition coefficient (Wildman–Crippen LogP) is 7.28. The number of anilines is 1. The fraction of sp³-hybridized carbons (Fsp3) is 0.250. The zero-order valence-corrected chi connectivity index (χ0v) is 26.1. The van der Waals surface area contributed by atoms with E-state index in [1.165, 1.54) is 0 Å². The average molecular weight is 619 g/mol. The summed E-state index contributed by atoms with van der Waals surface area (Å²) in [6.07, 6.45) is 9.18. The van der Waals surface area contributed by atoms with Crippen LogP contribution in [0.1, 0.15) is 40.6 Å². The van der Waals surface area contributed by atoms with Crippen molar-refractivity contribution in [3.8, 4) is 11.8 Å². The topological polar surface area (TPSA) is 94.7 Å². The normalized spacial score (nSPS) is 17.2. The second kappa shape index (κ2) is 15.6. The first-order valence-electron chi connectivity index (χ1n) is 14.4. The highest BCUT2D eigenvalue weighted by molar-refractivity contribution is 7.13. The van der Waals surface area contributed by atoms with Crippen LogP contribution in [0.5, 0.6) is 5.75 Å². The van der Waals surface area contributed by atoms with Gasteiger partial charge in [0.25, 0.3) is 5.70 Å². The Hall–Kier alpha value is -5.11. The molecule has 2 N–H and O–H groups in total. The van der Waals surface area contributed by atoms with Crippen LogP contribution in [0.15, 0.2) is 89.5 Å². The van der Waals surface area contributed by atoms with Crippen LogP contribution in [0.4, 0.5) is 5.69 Å². The smallest absolute Gasteiger partial charge is 0.292 e. The summed E-state index contributed by atoms with van der Waals surface area (Å²) in [6, 6.07) is 21.3. The van der Waals surface area contributed by atoms with E-state index in [9.17, 15) is 10.4 Å². The van der Waals surface area contributed by atoms with Crippen molar-refractivity contribution in [2.45, 2.75) is 25.4 Å². The summed E-state index contributed by atoms with van der Waals surface area (Å²) in [5.74, 6) is 0.731. The molecule has 45 heavy (non-hydrogen) atoms. The number of unbranched alkanes of at least 4 members (excludes halogenated alkanes) is 1. The van der Waals surface area contributed by atoms with E-state index in [-0.39, 0.29) is 30.4 Å². The third-order valence-corrected chi connectivity index (χ3v) is 8.35. The van der Waals surface area contributed by atoms with Gasteiger partial charge in [0.15, 0.2) is 0 Å². The lowest BCUT2D eigenvalue weighted by Crippen LogP contribution is -2.23. The summed E-state index contributed by atoms with van der Waals surface area (Å²) in [6.45, 7) is 18.3. The molecule has 0 saturated heterocycles. The number of ether oxygens (including phenoxy) is 2. The van der Waals surface area contributed by atoms with Gasteiger partial charge in [0.2, 0.25) is 5.70 Å². The molecule has 9 heteroatoms. The van der Waals surface area contributed by atoms with E-state index < -0.39 is 5.60 Å². The number of rotatable bonds is 13. The zero-order chi connectivity index (χ0) is 32.2. The average Bonchev–Trinajstić information content (AvgIpc) is 3.64. The third-order valence-electron chi connectivity index (χ3n) is 7.33. The van der Waals surface area contributed by atoms with Crippen molar-refractivity contribution in [3.05, 3.63) is 133 Å². The third kappa shape index (κ3) is 7.70. The first kappa shape index (κ1) is 32.8. The van der Waals surface area contributed by atoms with Crippen molar-refractivity contribution < 1.29 is 19.7 Å². The number of nitriles is 1. The van der Waals surface area contributed by atoms with Crippen LogP contribution in [-0.2, 0) is 10.3 Å². The Balaban J connectivity index is 1.63. The maximum atomic E-state index is 9.53. The van der Waals surface area contributed by atoms with Gasteiger partial charge in [-0.1, -0.05) is 36.4 Å². The Kier molecular flexibility index (Phi) is 11.3. The molecule has 1 aliphatic rings. The standard InChI is InChI=1S/C36H34N4O4S/c1-36(27-10-6-5-7-11-27)31(34(39-3)35(44-36)32(25-37)38-2)19-18-30-17-16-29(45-30)15-13-26-12-14-28(40(4)20-22-42)24-33(26)43-23-9-8-21-41/h5-7,10-19,24,41-42H,8-9,20-23H2,1,4H3/b15-13+,19-18+,35-32+. The van der Waals surface area contributed by atoms with Crippen LogP contribution in [0.2, 0.25) is 0 Å². The summed E-state index contributed by atoms with van der Waals surface area (Å²) in [5.41, 5.74) is 2.08. The van der Waals surface area contributed by atoms with Crippen LogP contribution in [-0.4, -0.2) is 43.6 Å². The summed E-state index contributed by atoms with van der Waals surface area (Å²) >= 11 is 1.57. The fourth-order valence-corrected chi connectivity index (χ4v) is 5.66. The van der Waals surface area contributed by atoms with Crippen LogP contribution in [0, 0.1) is 24.5 Å². The van der Waals surface area contributed by atoms with Crippen LogP contribution >= 0.6 is 11.3 Å². The summed E-state index contributed by atoms with van der Waals surface area (Å²) in [7, 11) is 1.92. The molecule has 1 aromatic heterocycles. The Labute approximate surface area is 268 Å². The quantitative estimate of drug-likeness (QED) is 0.119. The minimum Gasteiger partial charge on any atom is -0.500 e. The summed E-state index contributed by atoms with van der Waals surface area (Å²) < 4.78 is 12.3. The van der Waals surface area contributed by atoms with Gasteiger partial charge in [-0.3, -0.25) is 0 Å². The Morgan fingerprint density at radius 3 is 2.40 bits per heavy atom. The molecule has 2 aromatic carbocycles. The molecule has 0 bridgehead atoms. The molecule has 0 radical (unpaired) electrons. The van der Waals surface area contributed by atoms with Gasteiger partial charge in [-0.25, -0.2) is 15.0 Å². The number of thiophene rings is 1. The highest BCUT2D eigenvalue weighted by atomic mass is 32.1. The number of hydrogen-bond donors (Lipinski definition) is 2. The van der Waals surface area contributed by atoms with Gasteiger partial charge in [-0.05, 0) is 67.8 Å². The lowest BCUT2D eigenvalue weighted by atomic mass is 9.87. The summed E-state index contributed by atoms with van der Waals surface area (Å²) in [5, 5.41) is 28.0. The predicted molar refractivity (Wildman–Crippen MR) is 179 cm³/mol. The highest BCUT2D eigenvalue weighted by Crippen LogP contribution is 2.48. The van der Waals surface area contributed by atoms with Crippen molar-refractivity contribution >= 4 is 35.3 Å². The number of hydrogen-bond acceptors (Lipinski definition) is 7.